The van der Waals surface area contributed by atoms with Crippen molar-refractivity contribution in [1.29, 1.82) is 0 Å². The molecule has 2 fully saturated rings. The van der Waals surface area contributed by atoms with Crippen molar-refractivity contribution >= 4 is 18.0 Å². The summed E-state index contributed by atoms with van der Waals surface area (Å²) < 4.78 is 5.44. The Labute approximate surface area is 148 Å². The second-order valence-corrected chi connectivity index (χ2v) is 6.46. The Bertz CT molecular complexity index is 594. The van der Waals surface area contributed by atoms with E-state index in [-0.39, 0.29) is 5.91 Å². The second kappa shape index (κ2) is 8.20. The summed E-state index contributed by atoms with van der Waals surface area (Å²) in [6.45, 7) is 6.49. The smallest absolute Gasteiger partial charge is 0.236 e. The Morgan fingerprint density at radius 1 is 1.04 bits per heavy atom. The molecule has 0 N–H and O–H groups in total. The van der Waals surface area contributed by atoms with E-state index in [1.54, 1.807) is 12.0 Å². The van der Waals surface area contributed by atoms with E-state index in [2.05, 4.69) is 15.9 Å². The Morgan fingerprint density at radius 3 is 2.36 bits per heavy atom. The number of piperazine rings is 2. The highest BCUT2D eigenvalue weighted by Gasteiger charge is 2.25. The number of methoxy groups -OCH3 is 1. The molecule has 2 saturated heterocycles. The number of amides is 2. The highest BCUT2D eigenvalue weighted by molar-refractivity contribution is 5.78. The molecule has 7 heteroatoms. The van der Waals surface area contributed by atoms with Gasteiger partial charge in [-0.3, -0.25) is 14.5 Å². The van der Waals surface area contributed by atoms with E-state index >= 15 is 0 Å². The van der Waals surface area contributed by atoms with Gasteiger partial charge >= 0.3 is 0 Å². The molecule has 2 aliphatic rings. The van der Waals surface area contributed by atoms with Gasteiger partial charge in [-0.2, -0.15) is 0 Å². The van der Waals surface area contributed by atoms with E-state index in [4.69, 9.17) is 4.74 Å². The summed E-state index contributed by atoms with van der Waals surface area (Å²) in [5.41, 5.74) is 1.11. The van der Waals surface area contributed by atoms with Gasteiger partial charge in [0.2, 0.25) is 12.3 Å². The summed E-state index contributed by atoms with van der Waals surface area (Å²) in [5.74, 6) is 1.05. The lowest BCUT2D eigenvalue weighted by Gasteiger charge is -2.38. The van der Waals surface area contributed by atoms with E-state index in [1.165, 1.54) is 0 Å². The molecule has 136 valence electrons. The number of hydrogen-bond acceptors (Lipinski definition) is 5. The first kappa shape index (κ1) is 17.5. The number of anilines is 1. The zero-order chi connectivity index (χ0) is 17.6. The third-order valence-electron chi connectivity index (χ3n) is 4.97. The number of nitrogens with zero attached hydrogens (tertiary/aromatic N) is 4. The SMILES string of the molecule is COc1ccccc1N1CCN(CC(=O)N2CCN(C=O)CC2)CC1. The van der Waals surface area contributed by atoms with Crippen molar-refractivity contribution < 1.29 is 14.3 Å². The van der Waals surface area contributed by atoms with Gasteiger partial charge in [0.15, 0.2) is 0 Å². The Balaban J connectivity index is 1.48. The van der Waals surface area contributed by atoms with Gasteiger partial charge in [0, 0.05) is 52.4 Å². The molecule has 0 aromatic heterocycles. The number of ether oxygens (including phenoxy) is 1. The molecule has 0 bridgehead atoms. The maximum Gasteiger partial charge on any atom is 0.236 e. The average Bonchev–Trinajstić information content (AvgIpc) is 2.68. The molecule has 1 aromatic carbocycles. The first-order valence-corrected chi connectivity index (χ1v) is 8.78. The fourth-order valence-corrected chi connectivity index (χ4v) is 3.41. The second-order valence-electron chi connectivity index (χ2n) is 6.46. The number of rotatable bonds is 5. The predicted molar refractivity (Wildman–Crippen MR) is 95.9 cm³/mol. The molecule has 1 aromatic rings. The van der Waals surface area contributed by atoms with E-state index < -0.39 is 0 Å². The predicted octanol–water partition coefficient (Wildman–Crippen LogP) is 0.118. The van der Waals surface area contributed by atoms with Gasteiger partial charge in [-0.15, -0.1) is 0 Å². The molecule has 0 radical (unpaired) electrons. The fourth-order valence-electron chi connectivity index (χ4n) is 3.41. The van der Waals surface area contributed by atoms with Gasteiger partial charge in [0.1, 0.15) is 5.75 Å². The summed E-state index contributed by atoms with van der Waals surface area (Å²) in [5, 5.41) is 0. The van der Waals surface area contributed by atoms with Crippen molar-refractivity contribution in [2.24, 2.45) is 0 Å². The largest absolute Gasteiger partial charge is 0.495 e. The van der Waals surface area contributed by atoms with Crippen LogP contribution in [0.2, 0.25) is 0 Å². The van der Waals surface area contributed by atoms with Crippen LogP contribution in [-0.4, -0.2) is 93.0 Å². The topological polar surface area (TPSA) is 56.3 Å². The molecule has 2 amide bonds. The number of hydrogen-bond donors (Lipinski definition) is 0. The van der Waals surface area contributed by atoms with E-state index in [1.807, 2.05) is 23.1 Å². The molecule has 3 rings (SSSR count). The maximum atomic E-state index is 12.5. The monoisotopic (exact) mass is 346 g/mol. The molecular weight excluding hydrogens is 320 g/mol. The molecule has 25 heavy (non-hydrogen) atoms. The van der Waals surface area contributed by atoms with Gasteiger partial charge in [0.05, 0.1) is 19.3 Å². The van der Waals surface area contributed by atoms with Crippen molar-refractivity contribution in [1.82, 2.24) is 14.7 Å². The highest BCUT2D eigenvalue weighted by Crippen LogP contribution is 2.28. The Kier molecular flexibility index (Phi) is 5.75. The maximum absolute atomic E-state index is 12.5. The lowest BCUT2D eigenvalue weighted by molar-refractivity contribution is -0.136. The fraction of sp³-hybridized carbons (Fsp3) is 0.556. The van der Waals surface area contributed by atoms with Crippen LogP contribution in [0, 0.1) is 0 Å². The molecule has 0 spiro atoms. The van der Waals surface area contributed by atoms with Crippen LogP contribution in [0.3, 0.4) is 0 Å². The number of carbonyl (C=O) groups is 2. The molecule has 7 nitrogen and oxygen atoms in total. The summed E-state index contributed by atoms with van der Waals surface area (Å²) in [6, 6.07) is 8.05. The van der Waals surface area contributed by atoms with E-state index in [9.17, 15) is 9.59 Å². The lowest BCUT2D eigenvalue weighted by Crippen LogP contribution is -2.53. The summed E-state index contributed by atoms with van der Waals surface area (Å²) in [6.07, 6.45) is 0.860. The van der Waals surface area contributed by atoms with Crippen LogP contribution in [0.25, 0.3) is 0 Å². The van der Waals surface area contributed by atoms with Crippen LogP contribution in [0.5, 0.6) is 5.75 Å². The quantitative estimate of drug-likeness (QED) is 0.709. The summed E-state index contributed by atoms with van der Waals surface area (Å²) in [7, 11) is 1.69. The van der Waals surface area contributed by atoms with Crippen LogP contribution in [0.4, 0.5) is 5.69 Å². The van der Waals surface area contributed by atoms with Crippen LogP contribution in [-0.2, 0) is 9.59 Å². The van der Waals surface area contributed by atoms with Crippen molar-refractivity contribution in [3.05, 3.63) is 24.3 Å². The van der Waals surface area contributed by atoms with Crippen LogP contribution >= 0.6 is 0 Å². The number of carbonyl (C=O) groups excluding carboxylic acids is 2. The number of benzene rings is 1. The summed E-state index contributed by atoms with van der Waals surface area (Å²) >= 11 is 0. The van der Waals surface area contributed by atoms with Crippen molar-refractivity contribution in [2.75, 3.05) is 70.9 Å². The Hall–Kier alpha value is -2.28. The highest BCUT2D eigenvalue weighted by atomic mass is 16.5. The zero-order valence-corrected chi connectivity index (χ0v) is 14.8. The van der Waals surface area contributed by atoms with Gasteiger partial charge < -0.3 is 19.4 Å². The van der Waals surface area contributed by atoms with Gasteiger partial charge in [-0.1, -0.05) is 12.1 Å². The lowest BCUT2D eigenvalue weighted by atomic mass is 10.2. The minimum absolute atomic E-state index is 0.163. The molecule has 2 aliphatic heterocycles. The first-order valence-electron chi connectivity index (χ1n) is 8.78. The third-order valence-corrected chi connectivity index (χ3v) is 4.97. The van der Waals surface area contributed by atoms with Gasteiger partial charge in [-0.25, -0.2) is 0 Å². The van der Waals surface area contributed by atoms with Gasteiger partial charge in [-0.05, 0) is 12.1 Å². The van der Waals surface area contributed by atoms with Crippen LogP contribution in [0.1, 0.15) is 0 Å². The zero-order valence-electron chi connectivity index (χ0n) is 14.8. The van der Waals surface area contributed by atoms with Gasteiger partial charge in [0.25, 0.3) is 0 Å². The molecule has 0 saturated carbocycles. The summed E-state index contributed by atoms with van der Waals surface area (Å²) in [4.78, 5) is 31.3. The van der Waals surface area contributed by atoms with E-state index in [0.29, 0.717) is 32.7 Å². The molecule has 0 aliphatic carbocycles. The van der Waals surface area contributed by atoms with Crippen molar-refractivity contribution in [3.8, 4) is 5.75 Å². The molecule has 0 atom stereocenters. The molecular formula is C18H26N4O3. The standard InChI is InChI=1S/C18H26N4O3/c1-25-17-5-3-2-4-16(17)21-10-6-19(7-11-21)14-18(24)22-12-8-20(15-23)9-13-22/h2-5,15H,6-14H2,1H3. The Morgan fingerprint density at radius 2 is 1.72 bits per heavy atom. The first-order chi connectivity index (χ1) is 12.2. The molecule has 0 unspecified atom stereocenters. The third kappa shape index (κ3) is 4.22. The normalized spacial score (nSPS) is 19.0. The number of para-hydroxylation sites is 2. The minimum atomic E-state index is 0.163. The molecule has 2 heterocycles. The average molecular weight is 346 g/mol. The van der Waals surface area contributed by atoms with Crippen molar-refractivity contribution in [2.45, 2.75) is 0 Å². The minimum Gasteiger partial charge on any atom is -0.495 e. The van der Waals surface area contributed by atoms with Crippen LogP contribution < -0.4 is 9.64 Å². The van der Waals surface area contributed by atoms with Crippen LogP contribution in [0.15, 0.2) is 24.3 Å². The van der Waals surface area contributed by atoms with E-state index in [0.717, 1.165) is 44.0 Å². The van der Waals surface area contributed by atoms with Crippen molar-refractivity contribution in [3.63, 3.8) is 0 Å².